The molecule has 1 fully saturated rings. The number of carbonyl (C=O) groups excluding carboxylic acids is 2. The van der Waals surface area contributed by atoms with Gasteiger partial charge in [-0.1, -0.05) is 39.0 Å². The van der Waals surface area contributed by atoms with Crippen molar-refractivity contribution in [3.8, 4) is 5.75 Å². The molecule has 0 atom stereocenters. The summed E-state index contributed by atoms with van der Waals surface area (Å²) in [6.07, 6.45) is 4.27. The number of amides is 2. The third kappa shape index (κ3) is 6.81. The first-order valence-corrected chi connectivity index (χ1v) is 11.1. The number of pyridine rings is 1. The lowest BCUT2D eigenvalue weighted by atomic mass is 9.87. The number of hydrogen-bond acceptors (Lipinski definition) is 4. The van der Waals surface area contributed by atoms with E-state index in [0.717, 1.165) is 18.6 Å². The van der Waals surface area contributed by atoms with Crippen LogP contribution in [-0.4, -0.2) is 47.4 Å². The van der Waals surface area contributed by atoms with Gasteiger partial charge in [-0.3, -0.25) is 14.6 Å². The number of aromatic nitrogens is 1. The van der Waals surface area contributed by atoms with Crippen molar-refractivity contribution in [3.63, 3.8) is 0 Å². The molecule has 1 aliphatic rings. The van der Waals surface area contributed by atoms with Gasteiger partial charge in [0.25, 0.3) is 5.91 Å². The maximum Gasteiger partial charge on any atom is 0.272 e. The summed E-state index contributed by atoms with van der Waals surface area (Å²) in [5.74, 6) is 0.831. The molecule has 166 valence electrons. The fourth-order valence-corrected chi connectivity index (χ4v) is 3.65. The van der Waals surface area contributed by atoms with E-state index in [-0.39, 0.29) is 23.3 Å². The third-order valence-electron chi connectivity index (χ3n) is 5.57. The van der Waals surface area contributed by atoms with Gasteiger partial charge in [-0.2, -0.15) is 0 Å². The maximum absolute atomic E-state index is 12.4. The van der Waals surface area contributed by atoms with Gasteiger partial charge in [0.2, 0.25) is 5.91 Å². The third-order valence-corrected chi connectivity index (χ3v) is 5.57. The molecule has 31 heavy (non-hydrogen) atoms. The number of carbonyl (C=O) groups is 2. The number of ether oxygens (including phenoxy) is 1. The van der Waals surface area contributed by atoms with Gasteiger partial charge in [0.05, 0.1) is 6.61 Å². The van der Waals surface area contributed by atoms with Crippen LogP contribution in [0.15, 0.2) is 48.7 Å². The molecule has 1 aliphatic heterocycles. The Kier molecular flexibility index (Phi) is 7.66. The van der Waals surface area contributed by atoms with Gasteiger partial charge in [0, 0.05) is 31.7 Å². The Morgan fingerprint density at radius 2 is 1.81 bits per heavy atom. The van der Waals surface area contributed by atoms with Gasteiger partial charge in [0.15, 0.2) is 0 Å². The topological polar surface area (TPSA) is 71.5 Å². The van der Waals surface area contributed by atoms with E-state index in [1.54, 1.807) is 18.3 Å². The zero-order chi connectivity index (χ0) is 22.3. The van der Waals surface area contributed by atoms with E-state index in [9.17, 15) is 9.59 Å². The van der Waals surface area contributed by atoms with Crippen molar-refractivity contribution in [1.29, 1.82) is 0 Å². The predicted molar refractivity (Wildman–Crippen MR) is 121 cm³/mol. The summed E-state index contributed by atoms with van der Waals surface area (Å²) in [6.45, 7) is 8.33. The minimum atomic E-state index is -0.0435. The Labute approximate surface area is 185 Å². The molecule has 1 saturated heterocycles. The van der Waals surface area contributed by atoms with Gasteiger partial charge in [-0.05, 0) is 54.5 Å². The Morgan fingerprint density at radius 1 is 1.10 bits per heavy atom. The molecule has 0 radical (unpaired) electrons. The molecule has 3 rings (SSSR count). The minimum Gasteiger partial charge on any atom is -0.494 e. The van der Waals surface area contributed by atoms with Crippen LogP contribution in [0.2, 0.25) is 0 Å². The molecule has 2 amide bonds. The molecule has 1 aromatic heterocycles. The summed E-state index contributed by atoms with van der Waals surface area (Å²) >= 11 is 0. The van der Waals surface area contributed by atoms with Crippen LogP contribution in [0.3, 0.4) is 0 Å². The summed E-state index contributed by atoms with van der Waals surface area (Å²) < 4.78 is 5.77. The normalized spacial score (nSPS) is 14.9. The minimum absolute atomic E-state index is 0.0428. The molecule has 1 aromatic carbocycles. The van der Waals surface area contributed by atoms with Crippen molar-refractivity contribution in [1.82, 2.24) is 15.2 Å². The van der Waals surface area contributed by atoms with Crippen molar-refractivity contribution in [2.45, 2.75) is 57.9 Å². The van der Waals surface area contributed by atoms with Crippen LogP contribution in [0.25, 0.3) is 0 Å². The average molecular weight is 424 g/mol. The van der Waals surface area contributed by atoms with Crippen molar-refractivity contribution >= 4 is 11.8 Å². The summed E-state index contributed by atoms with van der Waals surface area (Å²) in [6, 6.07) is 13.6. The summed E-state index contributed by atoms with van der Waals surface area (Å²) in [5.41, 5.74) is 1.86. The van der Waals surface area contributed by atoms with Crippen molar-refractivity contribution in [2.24, 2.45) is 0 Å². The molecule has 0 aliphatic carbocycles. The van der Waals surface area contributed by atoms with E-state index in [1.165, 1.54) is 5.56 Å². The lowest BCUT2D eigenvalue weighted by molar-refractivity contribution is -0.122. The molecular formula is C25H33N3O3. The number of hydrogen-bond donors (Lipinski definition) is 1. The highest BCUT2D eigenvalue weighted by atomic mass is 16.5. The number of piperidine rings is 1. The molecule has 2 aromatic rings. The summed E-state index contributed by atoms with van der Waals surface area (Å²) in [5, 5.41) is 3.09. The Bertz CT molecular complexity index is 852. The van der Waals surface area contributed by atoms with E-state index in [0.29, 0.717) is 38.2 Å². The van der Waals surface area contributed by atoms with Crippen LogP contribution in [0.5, 0.6) is 5.75 Å². The van der Waals surface area contributed by atoms with Crippen molar-refractivity contribution < 1.29 is 14.3 Å². The van der Waals surface area contributed by atoms with E-state index in [2.05, 4.69) is 43.2 Å². The molecule has 0 spiro atoms. The zero-order valence-electron chi connectivity index (χ0n) is 18.8. The van der Waals surface area contributed by atoms with Crippen LogP contribution in [0.4, 0.5) is 0 Å². The predicted octanol–water partition coefficient (Wildman–Crippen LogP) is 3.96. The van der Waals surface area contributed by atoms with Gasteiger partial charge in [0.1, 0.15) is 11.4 Å². The van der Waals surface area contributed by atoms with Crippen LogP contribution in [0, 0.1) is 0 Å². The Hall–Kier alpha value is -2.89. The van der Waals surface area contributed by atoms with Crippen LogP contribution in [-0.2, 0) is 10.2 Å². The lowest BCUT2D eigenvalue weighted by Crippen LogP contribution is -2.46. The van der Waals surface area contributed by atoms with Gasteiger partial charge in [-0.15, -0.1) is 0 Å². The van der Waals surface area contributed by atoms with E-state index in [4.69, 9.17) is 4.74 Å². The van der Waals surface area contributed by atoms with Crippen molar-refractivity contribution in [3.05, 3.63) is 59.9 Å². The van der Waals surface area contributed by atoms with E-state index < -0.39 is 0 Å². The zero-order valence-corrected chi connectivity index (χ0v) is 18.8. The second-order valence-electron chi connectivity index (χ2n) is 9.08. The van der Waals surface area contributed by atoms with E-state index in [1.807, 2.05) is 23.1 Å². The molecule has 0 bridgehead atoms. The molecule has 6 heteroatoms. The standard InChI is InChI=1S/C25H33N3O3/c1-25(2,3)19-9-11-21(12-10-19)31-18-6-8-23(29)27-20-13-16-28(17-14-20)24(30)22-7-4-5-15-26-22/h4-5,7,9-12,15,20H,6,8,13-14,16-18H2,1-3H3,(H,27,29). The molecule has 2 heterocycles. The number of benzene rings is 1. The molecule has 1 N–H and O–H groups in total. The SMILES string of the molecule is CC(C)(C)c1ccc(OCCCC(=O)NC2CCN(C(=O)c3ccccn3)CC2)cc1. The quantitative estimate of drug-likeness (QED) is 0.685. The second kappa shape index (κ2) is 10.4. The fourth-order valence-electron chi connectivity index (χ4n) is 3.65. The number of nitrogens with one attached hydrogen (secondary N) is 1. The Morgan fingerprint density at radius 3 is 2.42 bits per heavy atom. The molecule has 6 nitrogen and oxygen atoms in total. The van der Waals surface area contributed by atoms with Crippen LogP contribution in [0.1, 0.15) is 62.5 Å². The first-order chi connectivity index (χ1) is 14.8. The Balaban J connectivity index is 1.32. The number of likely N-dealkylation sites (tertiary alicyclic amines) is 1. The monoisotopic (exact) mass is 423 g/mol. The molecule has 0 saturated carbocycles. The average Bonchev–Trinajstić information content (AvgIpc) is 2.77. The highest BCUT2D eigenvalue weighted by Gasteiger charge is 2.25. The van der Waals surface area contributed by atoms with Crippen LogP contribution >= 0.6 is 0 Å². The van der Waals surface area contributed by atoms with E-state index >= 15 is 0 Å². The van der Waals surface area contributed by atoms with Crippen molar-refractivity contribution in [2.75, 3.05) is 19.7 Å². The lowest BCUT2D eigenvalue weighted by Gasteiger charge is -2.32. The largest absolute Gasteiger partial charge is 0.494 e. The summed E-state index contributed by atoms with van der Waals surface area (Å²) in [4.78, 5) is 30.6. The highest BCUT2D eigenvalue weighted by molar-refractivity contribution is 5.92. The first-order valence-electron chi connectivity index (χ1n) is 11.1. The van der Waals surface area contributed by atoms with Crippen LogP contribution < -0.4 is 10.1 Å². The highest BCUT2D eigenvalue weighted by Crippen LogP contribution is 2.24. The molecule has 0 unspecified atom stereocenters. The van der Waals surface area contributed by atoms with Gasteiger partial charge < -0.3 is 15.0 Å². The molecular weight excluding hydrogens is 390 g/mol. The number of rotatable bonds is 7. The van der Waals surface area contributed by atoms with Gasteiger partial charge >= 0.3 is 0 Å². The first kappa shape index (κ1) is 22.8. The summed E-state index contributed by atoms with van der Waals surface area (Å²) in [7, 11) is 0. The number of nitrogens with zero attached hydrogens (tertiary/aromatic N) is 2. The second-order valence-corrected chi connectivity index (χ2v) is 9.08. The fraction of sp³-hybridized carbons (Fsp3) is 0.480. The van der Waals surface area contributed by atoms with Gasteiger partial charge in [-0.25, -0.2) is 0 Å². The smallest absolute Gasteiger partial charge is 0.272 e. The maximum atomic E-state index is 12.4.